The highest BCUT2D eigenvalue weighted by atomic mass is 19.1. The molecule has 0 aliphatic carbocycles. The standard InChI is InChI=1S/C26H20F2N8O/c27-18-10-15(11-21-24(18)22(37)12-23-31-5-8-36(21)23)25-19(28)14-32-26(34-25)33-17-1-2-20(16(9-17)13-29)35-6-3-30-4-7-35/h1-2,5,8-12,14,30,37H,3-4,6-7H2,(H,32,33,34). The molecule has 0 atom stereocenters. The molecule has 11 heteroatoms. The molecule has 0 bridgehead atoms. The van der Waals surface area contributed by atoms with Crippen LogP contribution < -0.4 is 15.5 Å². The molecule has 1 fully saturated rings. The summed E-state index contributed by atoms with van der Waals surface area (Å²) >= 11 is 0. The molecule has 2 aromatic carbocycles. The molecule has 1 aliphatic heterocycles. The smallest absolute Gasteiger partial charge is 0.227 e. The fourth-order valence-corrected chi connectivity index (χ4v) is 4.64. The van der Waals surface area contributed by atoms with Gasteiger partial charge in [0.15, 0.2) is 5.82 Å². The second kappa shape index (κ2) is 9.00. The lowest BCUT2D eigenvalue weighted by Crippen LogP contribution is -2.43. The number of nitrogens with one attached hydrogen (secondary N) is 2. The maximum atomic E-state index is 15.1. The summed E-state index contributed by atoms with van der Waals surface area (Å²) in [5, 5.41) is 26.3. The number of rotatable bonds is 4. The third-order valence-electron chi connectivity index (χ3n) is 6.37. The van der Waals surface area contributed by atoms with Crippen molar-refractivity contribution >= 4 is 33.9 Å². The van der Waals surface area contributed by atoms with Crippen LogP contribution in [0.2, 0.25) is 0 Å². The topological polar surface area (TPSA) is 114 Å². The van der Waals surface area contributed by atoms with E-state index in [1.54, 1.807) is 22.7 Å². The van der Waals surface area contributed by atoms with Crippen LogP contribution in [0.1, 0.15) is 5.56 Å². The van der Waals surface area contributed by atoms with Crippen LogP contribution in [0.4, 0.5) is 26.1 Å². The molecule has 3 aromatic heterocycles. The number of fused-ring (bicyclic) bond motifs is 3. The van der Waals surface area contributed by atoms with Crippen LogP contribution in [-0.4, -0.2) is 50.6 Å². The zero-order valence-electron chi connectivity index (χ0n) is 19.4. The van der Waals surface area contributed by atoms with Gasteiger partial charge in [-0.15, -0.1) is 0 Å². The first-order valence-corrected chi connectivity index (χ1v) is 11.6. The summed E-state index contributed by atoms with van der Waals surface area (Å²) in [6.07, 6.45) is 4.15. The van der Waals surface area contributed by atoms with Crippen LogP contribution in [0.3, 0.4) is 0 Å². The largest absolute Gasteiger partial charge is 0.507 e. The van der Waals surface area contributed by atoms with E-state index < -0.39 is 11.6 Å². The van der Waals surface area contributed by atoms with E-state index in [2.05, 4.69) is 36.6 Å². The SMILES string of the molecule is N#Cc1cc(Nc2ncc(F)c(-c3cc(F)c4c(O)cc5nccn5c4c3)n2)ccc1N1CCNCC1. The molecule has 9 nitrogen and oxygen atoms in total. The van der Waals surface area contributed by atoms with Crippen molar-refractivity contribution in [2.45, 2.75) is 0 Å². The number of imidazole rings is 1. The molecule has 6 rings (SSSR count). The van der Waals surface area contributed by atoms with E-state index in [1.165, 1.54) is 18.3 Å². The molecule has 184 valence electrons. The normalized spacial score (nSPS) is 13.7. The number of hydrogen-bond acceptors (Lipinski definition) is 8. The van der Waals surface area contributed by atoms with E-state index in [1.807, 2.05) is 6.07 Å². The number of nitrogens with zero attached hydrogens (tertiary/aromatic N) is 6. The summed E-state index contributed by atoms with van der Waals surface area (Å²) in [7, 11) is 0. The minimum Gasteiger partial charge on any atom is -0.507 e. The van der Waals surface area contributed by atoms with E-state index in [9.17, 15) is 14.8 Å². The summed E-state index contributed by atoms with van der Waals surface area (Å²) in [5.41, 5.74) is 2.68. The predicted molar refractivity (Wildman–Crippen MR) is 135 cm³/mol. The second-order valence-corrected chi connectivity index (χ2v) is 8.63. The third-order valence-corrected chi connectivity index (χ3v) is 6.37. The Hall–Kier alpha value is -4.82. The molecular weight excluding hydrogens is 478 g/mol. The molecule has 3 N–H and O–H groups in total. The lowest BCUT2D eigenvalue weighted by Gasteiger charge is -2.30. The average Bonchev–Trinajstić information content (AvgIpc) is 3.38. The molecule has 0 spiro atoms. The fourth-order valence-electron chi connectivity index (χ4n) is 4.64. The Morgan fingerprint density at radius 2 is 1.89 bits per heavy atom. The summed E-state index contributed by atoms with van der Waals surface area (Å²) in [5.74, 6) is -1.64. The Bertz CT molecular complexity index is 1710. The molecule has 0 saturated carbocycles. The highest BCUT2D eigenvalue weighted by molar-refractivity contribution is 5.91. The summed E-state index contributed by atoms with van der Waals surface area (Å²) in [4.78, 5) is 14.6. The van der Waals surface area contributed by atoms with Crippen molar-refractivity contribution < 1.29 is 13.9 Å². The van der Waals surface area contributed by atoms with Gasteiger partial charge in [-0.05, 0) is 30.3 Å². The predicted octanol–water partition coefficient (Wildman–Crippen LogP) is 3.95. The van der Waals surface area contributed by atoms with Crippen molar-refractivity contribution in [2.24, 2.45) is 0 Å². The zero-order chi connectivity index (χ0) is 25.5. The van der Waals surface area contributed by atoms with E-state index in [0.717, 1.165) is 44.1 Å². The summed E-state index contributed by atoms with van der Waals surface area (Å²) in [6, 6.07) is 11.6. The second-order valence-electron chi connectivity index (χ2n) is 8.63. The van der Waals surface area contributed by atoms with Gasteiger partial charge in [0.05, 0.1) is 28.4 Å². The van der Waals surface area contributed by atoms with Gasteiger partial charge in [0.2, 0.25) is 5.95 Å². The van der Waals surface area contributed by atoms with Crippen molar-refractivity contribution in [3.8, 4) is 23.1 Å². The van der Waals surface area contributed by atoms with Gasteiger partial charge in [0.25, 0.3) is 0 Å². The van der Waals surface area contributed by atoms with Crippen LogP contribution in [0.15, 0.2) is 55.0 Å². The van der Waals surface area contributed by atoms with Gasteiger partial charge in [0.1, 0.15) is 29.0 Å². The molecule has 0 radical (unpaired) electrons. The van der Waals surface area contributed by atoms with Gasteiger partial charge in [-0.25, -0.2) is 23.7 Å². The Morgan fingerprint density at radius 1 is 1.05 bits per heavy atom. The van der Waals surface area contributed by atoms with Crippen LogP contribution in [-0.2, 0) is 0 Å². The number of aromatic nitrogens is 4. The molecular formula is C26H20F2N8O. The Balaban J connectivity index is 1.37. The lowest BCUT2D eigenvalue weighted by molar-refractivity contribution is 0.478. The first-order valence-electron chi connectivity index (χ1n) is 11.6. The van der Waals surface area contributed by atoms with Crippen molar-refractivity contribution in [3.05, 3.63) is 72.2 Å². The highest BCUT2D eigenvalue weighted by Crippen LogP contribution is 2.34. The molecule has 1 aliphatic rings. The first kappa shape index (κ1) is 22.6. The molecule has 1 saturated heterocycles. The maximum Gasteiger partial charge on any atom is 0.227 e. The molecule has 0 unspecified atom stereocenters. The monoisotopic (exact) mass is 498 g/mol. The summed E-state index contributed by atoms with van der Waals surface area (Å²) in [6.45, 7) is 3.30. The van der Waals surface area contributed by atoms with Crippen molar-refractivity contribution in [1.29, 1.82) is 5.26 Å². The van der Waals surface area contributed by atoms with Crippen LogP contribution in [0.5, 0.6) is 5.75 Å². The molecule has 37 heavy (non-hydrogen) atoms. The average molecular weight is 498 g/mol. The molecule has 5 aromatic rings. The van der Waals surface area contributed by atoms with Gasteiger partial charge in [0, 0.05) is 55.9 Å². The number of piperazine rings is 1. The minimum atomic E-state index is -0.738. The van der Waals surface area contributed by atoms with Gasteiger partial charge in [-0.2, -0.15) is 5.26 Å². The Labute approximate surface area is 209 Å². The number of benzene rings is 2. The molecule has 0 amide bonds. The number of nitriles is 1. The fraction of sp³-hybridized carbons (Fsp3) is 0.154. The maximum absolute atomic E-state index is 15.1. The van der Waals surface area contributed by atoms with Crippen LogP contribution in [0, 0.1) is 23.0 Å². The van der Waals surface area contributed by atoms with Crippen molar-refractivity contribution in [1.82, 2.24) is 24.7 Å². The van der Waals surface area contributed by atoms with Crippen molar-refractivity contribution in [2.75, 3.05) is 36.4 Å². The van der Waals surface area contributed by atoms with Crippen molar-refractivity contribution in [3.63, 3.8) is 0 Å². The van der Waals surface area contributed by atoms with Crippen LogP contribution in [0.25, 0.3) is 27.8 Å². The quantitative estimate of drug-likeness (QED) is 0.341. The summed E-state index contributed by atoms with van der Waals surface area (Å²) < 4.78 is 31.5. The van der Waals surface area contributed by atoms with Crippen LogP contribution >= 0.6 is 0 Å². The van der Waals surface area contributed by atoms with Gasteiger partial charge in [-0.1, -0.05) is 0 Å². The van der Waals surface area contributed by atoms with E-state index in [4.69, 9.17) is 0 Å². The van der Waals surface area contributed by atoms with Gasteiger partial charge < -0.3 is 20.6 Å². The minimum absolute atomic E-state index is 0.00401. The number of pyridine rings is 1. The molecule has 4 heterocycles. The zero-order valence-corrected chi connectivity index (χ0v) is 19.4. The number of hydrogen-bond donors (Lipinski definition) is 3. The number of anilines is 3. The first-order chi connectivity index (χ1) is 18.0. The van der Waals surface area contributed by atoms with Gasteiger partial charge >= 0.3 is 0 Å². The lowest BCUT2D eigenvalue weighted by atomic mass is 10.1. The highest BCUT2D eigenvalue weighted by Gasteiger charge is 2.18. The van der Waals surface area contributed by atoms with E-state index in [0.29, 0.717) is 22.4 Å². The number of aromatic hydroxyl groups is 1. The Morgan fingerprint density at radius 3 is 2.70 bits per heavy atom. The number of halogens is 2. The van der Waals surface area contributed by atoms with E-state index in [-0.39, 0.29) is 28.3 Å². The van der Waals surface area contributed by atoms with Gasteiger partial charge in [-0.3, -0.25) is 4.40 Å². The third kappa shape index (κ3) is 4.03. The van der Waals surface area contributed by atoms with E-state index >= 15 is 4.39 Å². The Kier molecular flexibility index (Phi) is 5.50.